The summed E-state index contributed by atoms with van der Waals surface area (Å²) in [4.78, 5) is 8.68. The Labute approximate surface area is 124 Å². The largest absolute Gasteiger partial charge is 0.497 e. The van der Waals surface area contributed by atoms with Crippen molar-refractivity contribution in [3.05, 3.63) is 35.8 Å². The molecule has 0 fully saturated rings. The van der Waals surface area contributed by atoms with E-state index in [1.54, 1.807) is 25.6 Å². The number of aryl methyl sites for hydroxylation is 1. The normalized spacial score (nSPS) is 14.1. The fourth-order valence-corrected chi connectivity index (χ4v) is 2.61. The fourth-order valence-electron chi connectivity index (χ4n) is 2.61. The number of benzene rings is 1. The van der Waals surface area contributed by atoms with Gasteiger partial charge in [-0.15, -0.1) is 0 Å². The highest BCUT2D eigenvalue weighted by Gasteiger charge is 2.16. The lowest BCUT2D eigenvalue weighted by atomic mass is 10.1. The van der Waals surface area contributed by atoms with Crippen LogP contribution in [0.25, 0.3) is 0 Å². The van der Waals surface area contributed by atoms with Crippen molar-refractivity contribution in [2.24, 2.45) is 0 Å². The lowest BCUT2D eigenvalue weighted by molar-refractivity contribution is 0.412. The number of hydrogen-bond donors (Lipinski definition) is 1. The Morgan fingerprint density at radius 3 is 2.76 bits per heavy atom. The highest BCUT2D eigenvalue weighted by atomic mass is 16.5. The lowest BCUT2D eigenvalue weighted by Crippen LogP contribution is -2.02. The molecule has 5 heteroatoms. The van der Waals surface area contributed by atoms with Crippen molar-refractivity contribution in [3.63, 3.8) is 0 Å². The van der Waals surface area contributed by atoms with Crippen molar-refractivity contribution in [2.45, 2.75) is 32.1 Å². The smallest absolute Gasteiger partial charge is 0.225 e. The average molecular weight is 285 g/mol. The maximum Gasteiger partial charge on any atom is 0.225 e. The zero-order chi connectivity index (χ0) is 14.7. The Kier molecular flexibility index (Phi) is 3.90. The van der Waals surface area contributed by atoms with Crippen LogP contribution in [0, 0.1) is 0 Å². The van der Waals surface area contributed by atoms with Gasteiger partial charge in [0.1, 0.15) is 12.1 Å². The van der Waals surface area contributed by atoms with Crippen LogP contribution in [0.2, 0.25) is 0 Å². The number of hydrogen-bond acceptors (Lipinski definition) is 5. The van der Waals surface area contributed by atoms with Crippen LogP contribution >= 0.6 is 0 Å². The summed E-state index contributed by atoms with van der Waals surface area (Å²) in [5.41, 5.74) is 8.76. The molecule has 21 heavy (non-hydrogen) atoms. The van der Waals surface area contributed by atoms with Crippen LogP contribution in [0.5, 0.6) is 17.4 Å². The number of aromatic nitrogens is 2. The standard InChI is InChI=1S/C16H19N3O2/c1-20-11-7-8-15(13(17)9-11)21-16-12-5-3-2-4-6-14(12)18-10-19-16/h7-10H,2-6,17H2,1H3. The van der Waals surface area contributed by atoms with Crippen molar-refractivity contribution in [1.82, 2.24) is 9.97 Å². The molecule has 5 nitrogen and oxygen atoms in total. The third-order valence-electron chi connectivity index (χ3n) is 3.76. The van der Waals surface area contributed by atoms with Crippen LogP contribution in [0.3, 0.4) is 0 Å². The maximum atomic E-state index is 6.00. The molecule has 1 aromatic heterocycles. The van der Waals surface area contributed by atoms with Gasteiger partial charge in [-0.05, 0) is 37.8 Å². The van der Waals surface area contributed by atoms with Crippen molar-refractivity contribution in [3.8, 4) is 17.4 Å². The van der Waals surface area contributed by atoms with Gasteiger partial charge in [-0.3, -0.25) is 0 Å². The third kappa shape index (κ3) is 2.91. The highest BCUT2D eigenvalue weighted by molar-refractivity contribution is 5.57. The van der Waals surface area contributed by atoms with Crippen LogP contribution in [0.1, 0.15) is 30.5 Å². The van der Waals surface area contributed by atoms with Gasteiger partial charge in [0, 0.05) is 11.6 Å². The summed E-state index contributed by atoms with van der Waals surface area (Å²) in [5, 5.41) is 0. The molecule has 0 bridgehead atoms. The maximum absolute atomic E-state index is 6.00. The minimum Gasteiger partial charge on any atom is -0.497 e. The lowest BCUT2D eigenvalue weighted by Gasteiger charge is -2.13. The van der Waals surface area contributed by atoms with Gasteiger partial charge in [0.05, 0.1) is 18.5 Å². The van der Waals surface area contributed by atoms with Gasteiger partial charge >= 0.3 is 0 Å². The Hall–Kier alpha value is -2.30. The van der Waals surface area contributed by atoms with E-state index in [9.17, 15) is 0 Å². The summed E-state index contributed by atoms with van der Waals surface area (Å²) < 4.78 is 11.1. The Morgan fingerprint density at radius 1 is 1.10 bits per heavy atom. The number of anilines is 1. The predicted octanol–water partition coefficient (Wildman–Crippen LogP) is 3.13. The highest BCUT2D eigenvalue weighted by Crippen LogP contribution is 2.33. The second-order valence-electron chi connectivity index (χ2n) is 5.17. The van der Waals surface area contributed by atoms with Crippen LogP contribution in [0.15, 0.2) is 24.5 Å². The van der Waals surface area contributed by atoms with Crippen molar-refractivity contribution in [2.75, 3.05) is 12.8 Å². The number of nitrogens with two attached hydrogens (primary N) is 1. The monoisotopic (exact) mass is 285 g/mol. The van der Waals surface area contributed by atoms with E-state index in [1.807, 2.05) is 6.07 Å². The molecule has 1 heterocycles. The minimum atomic E-state index is 0.537. The zero-order valence-corrected chi connectivity index (χ0v) is 12.1. The molecule has 2 aromatic rings. The van der Waals surface area contributed by atoms with Crippen LogP contribution in [-0.4, -0.2) is 17.1 Å². The van der Waals surface area contributed by atoms with Gasteiger partial charge in [-0.25, -0.2) is 9.97 Å². The first-order chi connectivity index (χ1) is 10.3. The van der Waals surface area contributed by atoms with E-state index < -0.39 is 0 Å². The number of nitrogens with zero attached hydrogens (tertiary/aromatic N) is 2. The predicted molar refractivity (Wildman–Crippen MR) is 80.8 cm³/mol. The molecule has 0 saturated heterocycles. The molecule has 0 unspecified atom stereocenters. The molecule has 0 spiro atoms. The molecule has 0 radical (unpaired) electrons. The number of rotatable bonds is 3. The number of ether oxygens (including phenoxy) is 2. The first-order valence-corrected chi connectivity index (χ1v) is 7.22. The first kappa shape index (κ1) is 13.7. The van der Waals surface area contributed by atoms with Crippen LogP contribution < -0.4 is 15.2 Å². The molecule has 1 aliphatic rings. The molecule has 1 aromatic carbocycles. The molecule has 110 valence electrons. The van der Waals surface area contributed by atoms with E-state index in [2.05, 4.69) is 9.97 Å². The van der Waals surface area contributed by atoms with Gasteiger partial charge in [-0.1, -0.05) is 6.42 Å². The average Bonchev–Trinajstić information content (AvgIpc) is 2.75. The number of nitrogen functional groups attached to an aromatic ring is 1. The Balaban J connectivity index is 1.91. The van der Waals surface area contributed by atoms with Gasteiger partial charge in [-0.2, -0.15) is 0 Å². The summed E-state index contributed by atoms with van der Waals surface area (Å²) in [7, 11) is 1.61. The Bertz CT molecular complexity index is 643. The zero-order valence-electron chi connectivity index (χ0n) is 12.1. The number of fused-ring (bicyclic) bond motifs is 1. The molecule has 0 atom stereocenters. The molecule has 2 N–H and O–H groups in total. The topological polar surface area (TPSA) is 70.3 Å². The fraction of sp³-hybridized carbons (Fsp3) is 0.375. The summed E-state index contributed by atoms with van der Waals surface area (Å²) in [6, 6.07) is 5.38. The van der Waals surface area contributed by atoms with Crippen LogP contribution in [0.4, 0.5) is 5.69 Å². The SMILES string of the molecule is COc1ccc(Oc2ncnc3c2CCCCC3)c(N)c1. The molecule has 0 amide bonds. The summed E-state index contributed by atoms with van der Waals surface area (Å²) in [6.07, 6.45) is 7.07. The summed E-state index contributed by atoms with van der Waals surface area (Å²) >= 11 is 0. The van der Waals surface area contributed by atoms with Crippen molar-refractivity contribution < 1.29 is 9.47 Å². The molecular weight excluding hydrogens is 266 g/mol. The molecule has 3 rings (SSSR count). The van der Waals surface area contributed by atoms with Crippen LogP contribution in [-0.2, 0) is 12.8 Å². The van der Waals surface area contributed by atoms with Gasteiger partial charge < -0.3 is 15.2 Å². The van der Waals surface area contributed by atoms with E-state index in [4.69, 9.17) is 15.2 Å². The summed E-state index contributed by atoms with van der Waals surface area (Å²) in [6.45, 7) is 0. The van der Waals surface area contributed by atoms with E-state index in [0.29, 0.717) is 23.1 Å². The molecule has 0 aliphatic heterocycles. The quantitative estimate of drug-likeness (QED) is 0.693. The number of methoxy groups -OCH3 is 1. The van der Waals surface area contributed by atoms with E-state index >= 15 is 0 Å². The minimum absolute atomic E-state index is 0.537. The van der Waals surface area contributed by atoms with E-state index in [1.165, 1.54) is 12.8 Å². The van der Waals surface area contributed by atoms with Crippen molar-refractivity contribution >= 4 is 5.69 Å². The van der Waals surface area contributed by atoms with E-state index in [-0.39, 0.29) is 0 Å². The Morgan fingerprint density at radius 2 is 1.95 bits per heavy atom. The van der Waals surface area contributed by atoms with E-state index in [0.717, 1.165) is 30.5 Å². The van der Waals surface area contributed by atoms with Gasteiger partial charge in [0.2, 0.25) is 5.88 Å². The van der Waals surface area contributed by atoms with Gasteiger partial charge in [0.25, 0.3) is 0 Å². The second kappa shape index (κ2) is 5.99. The second-order valence-corrected chi connectivity index (χ2v) is 5.17. The molecular formula is C16H19N3O2. The third-order valence-corrected chi connectivity index (χ3v) is 3.76. The molecule has 1 aliphatic carbocycles. The van der Waals surface area contributed by atoms with Crippen molar-refractivity contribution in [1.29, 1.82) is 0 Å². The van der Waals surface area contributed by atoms with Gasteiger partial charge in [0.15, 0.2) is 5.75 Å². The first-order valence-electron chi connectivity index (χ1n) is 7.22. The summed E-state index contributed by atoms with van der Waals surface area (Å²) in [5.74, 6) is 1.93. The molecule has 0 saturated carbocycles.